The number of hydrogen-bond acceptors (Lipinski definition) is 11. The molecule has 57 heavy (non-hydrogen) atoms. The number of carboxylic acid groups (broad SMARTS) is 2. The molecule has 9 N–H and O–H groups in total. The summed E-state index contributed by atoms with van der Waals surface area (Å²) < 4.78 is 0. The van der Waals surface area contributed by atoms with Crippen molar-refractivity contribution in [2.45, 2.75) is 94.0 Å². The van der Waals surface area contributed by atoms with E-state index in [1.165, 1.54) is 34.1 Å². The van der Waals surface area contributed by atoms with Crippen LogP contribution in [0.4, 0.5) is 0 Å². The second-order valence-corrected chi connectivity index (χ2v) is 15.0. The van der Waals surface area contributed by atoms with Gasteiger partial charge in [-0.2, -0.15) is 11.8 Å². The molecule has 19 nitrogen and oxygen atoms in total. The number of hydrogen-bond donors (Lipinski definition) is 8. The van der Waals surface area contributed by atoms with E-state index in [0.717, 1.165) is 0 Å². The lowest BCUT2D eigenvalue weighted by atomic mass is 10.0. The van der Waals surface area contributed by atoms with Crippen molar-refractivity contribution in [1.29, 1.82) is 0 Å². The van der Waals surface area contributed by atoms with Gasteiger partial charge in [0, 0.05) is 44.2 Å². The normalized spacial score (nSPS) is 18.5. The summed E-state index contributed by atoms with van der Waals surface area (Å²) in [6, 6.07) is 2.00. The molecule has 2 fully saturated rings. The molecular formula is C37H51N9O10S. The largest absolute Gasteiger partial charge is 0.481 e. The van der Waals surface area contributed by atoms with Crippen LogP contribution >= 0.6 is 11.8 Å². The zero-order chi connectivity index (χ0) is 41.5. The van der Waals surface area contributed by atoms with E-state index in [1.54, 1.807) is 30.3 Å². The van der Waals surface area contributed by atoms with Crippen molar-refractivity contribution in [2.24, 2.45) is 5.73 Å². The summed E-state index contributed by atoms with van der Waals surface area (Å²) in [5, 5.41) is 29.3. The number of carboxylic acids is 2. The van der Waals surface area contributed by atoms with E-state index in [2.05, 4.69) is 31.2 Å². The van der Waals surface area contributed by atoms with Gasteiger partial charge in [-0.3, -0.25) is 33.6 Å². The number of carbonyl (C=O) groups is 8. The minimum Gasteiger partial charge on any atom is -0.481 e. The van der Waals surface area contributed by atoms with Gasteiger partial charge in [0.1, 0.15) is 30.2 Å². The Morgan fingerprint density at radius 3 is 2.16 bits per heavy atom. The summed E-state index contributed by atoms with van der Waals surface area (Å²) in [6.07, 6.45) is 5.67. The maximum Gasteiger partial charge on any atom is 0.326 e. The van der Waals surface area contributed by atoms with Crippen LogP contribution in [0, 0.1) is 0 Å². The molecule has 0 saturated carbocycles. The number of thioether (sulfide) groups is 1. The molecule has 0 radical (unpaired) electrons. The lowest BCUT2D eigenvalue weighted by Crippen LogP contribution is -2.59. The maximum atomic E-state index is 14.3. The molecule has 20 heteroatoms. The topological polar surface area (TPSA) is 286 Å². The number of aliphatic carboxylic acids is 2. The van der Waals surface area contributed by atoms with Crippen molar-refractivity contribution in [3.05, 3.63) is 54.1 Å². The van der Waals surface area contributed by atoms with Crippen LogP contribution in [0.2, 0.25) is 0 Å². The van der Waals surface area contributed by atoms with E-state index >= 15 is 0 Å². The number of carbonyl (C=O) groups excluding carboxylic acids is 6. The quantitative estimate of drug-likeness (QED) is 0.0735. The van der Waals surface area contributed by atoms with Crippen molar-refractivity contribution in [3.8, 4) is 0 Å². The average Bonchev–Trinajstić information content (AvgIpc) is 4.00. The summed E-state index contributed by atoms with van der Waals surface area (Å²) in [7, 11) is 0. The van der Waals surface area contributed by atoms with Gasteiger partial charge < -0.3 is 52.0 Å². The highest BCUT2D eigenvalue weighted by Crippen LogP contribution is 2.21. The molecule has 2 aliphatic rings. The Hall–Kier alpha value is -5.50. The van der Waals surface area contributed by atoms with Gasteiger partial charge in [-0.1, -0.05) is 30.3 Å². The molecule has 0 bridgehead atoms. The third kappa shape index (κ3) is 13.0. The molecule has 1 aromatic carbocycles. The third-order valence-corrected chi connectivity index (χ3v) is 10.5. The van der Waals surface area contributed by atoms with E-state index in [1.807, 2.05) is 6.26 Å². The van der Waals surface area contributed by atoms with Crippen LogP contribution in [-0.2, 0) is 51.2 Å². The highest BCUT2D eigenvalue weighted by molar-refractivity contribution is 7.98. The first-order chi connectivity index (χ1) is 27.3. The van der Waals surface area contributed by atoms with Gasteiger partial charge in [-0.15, -0.1) is 0 Å². The van der Waals surface area contributed by atoms with Crippen molar-refractivity contribution in [1.82, 2.24) is 41.0 Å². The Kier molecular flexibility index (Phi) is 16.8. The van der Waals surface area contributed by atoms with Gasteiger partial charge in [-0.05, 0) is 56.1 Å². The predicted molar refractivity (Wildman–Crippen MR) is 206 cm³/mol. The summed E-state index contributed by atoms with van der Waals surface area (Å²) in [5.74, 6) is -5.77. The minimum atomic E-state index is -1.36. The van der Waals surface area contributed by atoms with Crippen molar-refractivity contribution >= 4 is 59.1 Å². The Balaban J connectivity index is 1.53. The lowest BCUT2D eigenvalue weighted by molar-refractivity contribution is -0.148. The number of imidazole rings is 1. The fourth-order valence-corrected chi connectivity index (χ4v) is 7.31. The number of nitrogens with zero attached hydrogens (tertiary/aromatic N) is 3. The highest BCUT2D eigenvalue weighted by Gasteiger charge is 2.40. The minimum absolute atomic E-state index is 0.0101. The SMILES string of the molecule is CSCC[C@@H](N)C(=O)N[C@@H](CCC(=O)O)C(=O)N[C@@H](Cc1cnc[nH]1)C(=O)N[C@@H](Cc1ccccc1)C(=O)N1CCC[C@@H]1C(=O)NCC(=O)N1CCC[C@@H]1C(=O)O. The molecule has 6 atom stereocenters. The fourth-order valence-electron chi connectivity index (χ4n) is 6.82. The first-order valence-corrected chi connectivity index (χ1v) is 20.2. The van der Waals surface area contributed by atoms with E-state index in [4.69, 9.17) is 5.73 Å². The maximum absolute atomic E-state index is 14.3. The smallest absolute Gasteiger partial charge is 0.326 e. The van der Waals surface area contributed by atoms with Crippen molar-refractivity contribution in [2.75, 3.05) is 31.6 Å². The second-order valence-electron chi connectivity index (χ2n) is 14.0. The van der Waals surface area contributed by atoms with Crippen LogP contribution in [0.25, 0.3) is 0 Å². The van der Waals surface area contributed by atoms with Gasteiger partial charge >= 0.3 is 11.9 Å². The number of amides is 6. The number of H-pyrrole nitrogens is 1. The summed E-state index contributed by atoms with van der Waals surface area (Å²) in [4.78, 5) is 114. The molecule has 3 heterocycles. The Labute approximate surface area is 333 Å². The first kappa shape index (κ1) is 44.2. The van der Waals surface area contributed by atoms with Crippen molar-refractivity contribution < 1.29 is 48.6 Å². The lowest BCUT2D eigenvalue weighted by Gasteiger charge is -2.30. The first-order valence-electron chi connectivity index (χ1n) is 18.8. The Bertz CT molecular complexity index is 1730. The van der Waals surface area contributed by atoms with Crippen LogP contribution < -0.4 is 27.0 Å². The Morgan fingerprint density at radius 1 is 0.860 bits per heavy atom. The predicted octanol–water partition coefficient (Wildman–Crippen LogP) is -1.22. The molecule has 0 unspecified atom stereocenters. The zero-order valence-corrected chi connectivity index (χ0v) is 32.5. The van der Waals surface area contributed by atoms with Gasteiger partial charge in [-0.25, -0.2) is 9.78 Å². The molecule has 1 aromatic heterocycles. The summed E-state index contributed by atoms with van der Waals surface area (Å²) >= 11 is 1.48. The second kappa shape index (κ2) is 21.7. The number of benzene rings is 1. The van der Waals surface area contributed by atoms with Crippen LogP contribution in [0.3, 0.4) is 0 Å². The van der Waals surface area contributed by atoms with Gasteiger partial charge in [0.05, 0.1) is 18.9 Å². The Morgan fingerprint density at radius 2 is 1.51 bits per heavy atom. The monoisotopic (exact) mass is 813 g/mol. The number of nitrogens with two attached hydrogens (primary N) is 1. The van der Waals surface area contributed by atoms with Crippen LogP contribution in [0.1, 0.15) is 56.2 Å². The molecule has 4 rings (SSSR count). The molecule has 0 spiro atoms. The van der Waals surface area contributed by atoms with Crippen LogP contribution in [-0.4, -0.2) is 145 Å². The van der Waals surface area contributed by atoms with E-state index in [9.17, 15) is 48.6 Å². The summed E-state index contributed by atoms with van der Waals surface area (Å²) in [5.41, 5.74) is 7.13. The molecule has 2 saturated heterocycles. The zero-order valence-electron chi connectivity index (χ0n) is 31.7. The molecule has 2 aliphatic heterocycles. The van der Waals surface area contributed by atoms with Gasteiger partial charge in [0.25, 0.3) is 0 Å². The van der Waals surface area contributed by atoms with Gasteiger partial charge in [0.15, 0.2) is 0 Å². The summed E-state index contributed by atoms with van der Waals surface area (Å²) in [6.45, 7) is -0.0118. The van der Waals surface area contributed by atoms with Crippen LogP contribution in [0.5, 0.6) is 0 Å². The van der Waals surface area contributed by atoms with Crippen LogP contribution in [0.15, 0.2) is 42.9 Å². The number of aromatic nitrogens is 2. The van der Waals surface area contributed by atoms with E-state index in [-0.39, 0.29) is 38.8 Å². The highest BCUT2D eigenvalue weighted by atomic mass is 32.2. The van der Waals surface area contributed by atoms with Gasteiger partial charge in [0.2, 0.25) is 35.4 Å². The number of likely N-dealkylation sites (tertiary alicyclic amines) is 2. The third-order valence-electron chi connectivity index (χ3n) is 9.87. The van der Waals surface area contributed by atoms with Crippen molar-refractivity contribution in [3.63, 3.8) is 0 Å². The standard InChI is InChI=1S/C37H51N9O10S/c1-57-16-13-24(38)32(50)42-25(11-12-31(48)49)33(51)43-26(18-23-19-39-21-41-23)34(52)44-27(17-22-7-3-2-4-8-22)36(54)46-15-5-9-28(46)35(53)40-20-30(47)45-14-6-10-29(45)37(55)56/h2-4,7-8,19,21,24-29H,5-6,9-18,20,38H2,1H3,(H,39,41)(H,40,53)(H,42,50)(H,43,51)(H,44,52)(H,48,49)(H,55,56)/t24-,25+,26+,27+,28-,29-/m1/s1. The fraction of sp³-hybridized carbons (Fsp3) is 0.541. The number of nitrogens with one attached hydrogen (secondary N) is 5. The van der Waals surface area contributed by atoms with E-state index in [0.29, 0.717) is 42.7 Å². The average molecular weight is 814 g/mol. The number of aromatic amines is 1. The molecular weight excluding hydrogens is 763 g/mol. The molecule has 0 aliphatic carbocycles. The molecule has 6 amide bonds. The molecule has 2 aromatic rings. The van der Waals surface area contributed by atoms with E-state index < -0.39 is 96.6 Å². The molecule has 310 valence electrons. The number of rotatable bonds is 21.